The second kappa shape index (κ2) is 9.01. The van der Waals surface area contributed by atoms with Crippen LogP contribution >= 0.6 is 23.4 Å². The van der Waals surface area contributed by atoms with Crippen LogP contribution in [-0.4, -0.2) is 26.4 Å². The molecule has 0 aliphatic rings. The van der Waals surface area contributed by atoms with Gasteiger partial charge in [-0.05, 0) is 36.8 Å². The summed E-state index contributed by atoms with van der Waals surface area (Å²) in [7, 11) is 0. The highest BCUT2D eigenvalue weighted by Gasteiger charge is 2.14. The van der Waals surface area contributed by atoms with Crippen molar-refractivity contribution in [1.82, 2.24) is 14.8 Å². The van der Waals surface area contributed by atoms with Crippen LogP contribution in [-0.2, 0) is 17.8 Å². The fourth-order valence-electron chi connectivity index (χ4n) is 2.54. The van der Waals surface area contributed by atoms with Crippen molar-refractivity contribution in [2.75, 3.05) is 11.1 Å². The zero-order chi connectivity index (χ0) is 19.2. The number of para-hydroxylation sites is 1. The normalized spacial score (nSPS) is 10.8. The molecule has 0 unspecified atom stereocenters. The highest BCUT2D eigenvalue weighted by atomic mass is 35.5. The minimum atomic E-state index is -0.460. The van der Waals surface area contributed by atoms with Gasteiger partial charge in [-0.15, -0.1) is 10.2 Å². The van der Waals surface area contributed by atoms with Crippen LogP contribution in [0.15, 0.2) is 53.7 Å². The van der Waals surface area contributed by atoms with E-state index < -0.39 is 5.82 Å². The Bertz CT molecular complexity index is 930. The van der Waals surface area contributed by atoms with E-state index in [4.69, 9.17) is 11.6 Å². The molecule has 140 valence electrons. The lowest BCUT2D eigenvalue weighted by molar-refractivity contribution is -0.113. The van der Waals surface area contributed by atoms with Gasteiger partial charge < -0.3 is 9.88 Å². The van der Waals surface area contributed by atoms with Crippen LogP contribution in [0.2, 0.25) is 5.02 Å². The van der Waals surface area contributed by atoms with Crippen LogP contribution in [0.1, 0.15) is 18.3 Å². The molecule has 0 aliphatic heterocycles. The molecule has 1 heterocycles. The van der Waals surface area contributed by atoms with Gasteiger partial charge in [0.05, 0.1) is 11.4 Å². The lowest BCUT2D eigenvalue weighted by Gasteiger charge is -2.08. The van der Waals surface area contributed by atoms with Gasteiger partial charge in [0.25, 0.3) is 0 Å². The number of carbonyl (C=O) groups excluding carboxylic acids is 1. The largest absolute Gasteiger partial charge is 0.323 e. The second-order valence-corrected chi connectivity index (χ2v) is 7.14. The summed E-state index contributed by atoms with van der Waals surface area (Å²) in [4.78, 5) is 12.1. The molecule has 0 fully saturated rings. The third-order valence-corrected chi connectivity index (χ3v) is 5.08. The number of anilines is 1. The van der Waals surface area contributed by atoms with Gasteiger partial charge in [-0.2, -0.15) is 0 Å². The third-order valence-electron chi connectivity index (χ3n) is 3.87. The number of hydrogen-bond acceptors (Lipinski definition) is 4. The number of aromatic nitrogens is 3. The van der Waals surface area contributed by atoms with Crippen LogP contribution in [0.5, 0.6) is 0 Å². The molecule has 27 heavy (non-hydrogen) atoms. The van der Waals surface area contributed by atoms with E-state index >= 15 is 0 Å². The number of benzene rings is 2. The van der Waals surface area contributed by atoms with Crippen LogP contribution in [0.4, 0.5) is 10.1 Å². The molecule has 3 aromatic rings. The summed E-state index contributed by atoms with van der Waals surface area (Å²) in [6.45, 7) is 2.69. The second-order valence-electron chi connectivity index (χ2n) is 5.76. The molecular weight excluding hydrogens is 387 g/mol. The van der Waals surface area contributed by atoms with E-state index in [0.717, 1.165) is 11.4 Å². The molecule has 0 bridgehead atoms. The SMILES string of the molecule is CCn1c(Cc2ccc(Cl)cc2)nnc1SCC(=O)Nc1ccccc1F. The highest BCUT2D eigenvalue weighted by molar-refractivity contribution is 7.99. The Morgan fingerprint density at radius 2 is 1.93 bits per heavy atom. The highest BCUT2D eigenvalue weighted by Crippen LogP contribution is 2.20. The van der Waals surface area contributed by atoms with Gasteiger partial charge >= 0.3 is 0 Å². The van der Waals surface area contributed by atoms with Crippen LogP contribution < -0.4 is 5.32 Å². The Labute approximate surface area is 166 Å². The fourth-order valence-corrected chi connectivity index (χ4v) is 3.49. The summed E-state index contributed by atoms with van der Waals surface area (Å²) >= 11 is 7.19. The van der Waals surface area contributed by atoms with E-state index in [2.05, 4.69) is 15.5 Å². The lowest BCUT2D eigenvalue weighted by Crippen LogP contribution is -2.15. The maximum atomic E-state index is 13.6. The molecule has 0 saturated carbocycles. The van der Waals surface area contributed by atoms with Crippen molar-refractivity contribution in [3.63, 3.8) is 0 Å². The smallest absolute Gasteiger partial charge is 0.234 e. The summed E-state index contributed by atoms with van der Waals surface area (Å²) in [6.07, 6.45) is 0.625. The van der Waals surface area contributed by atoms with Gasteiger partial charge in [0, 0.05) is 18.0 Å². The van der Waals surface area contributed by atoms with Gasteiger partial charge in [-0.1, -0.05) is 47.6 Å². The number of rotatable bonds is 7. The fraction of sp³-hybridized carbons (Fsp3) is 0.211. The summed E-state index contributed by atoms with van der Waals surface area (Å²) in [5.41, 5.74) is 1.25. The van der Waals surface area contributed by atoms with E-state index in [1.807, 2.05) is 35.8 Å². The standard InChI is InChI=1S/C19H18ClFN4OS/c1-2-25-17(11-13-7-9-14(20)10-8-13)23-24-19(25)27-12-18(26)22-16-6-4-3-5-15(16)21/h3-10H,2,11-12H2,1H3,(H,22,26). The first kappa shape index (κ1) is 19.4. The molecule has 2 aromatic carbocycles. The summed E-state index contributed by atoms with van der Waals surface area (Å²) < 4.78 is 15.6. The Kier molecular flexibility index (Phi) is 6.47. The summed E-state index contributed by atoms with van der Waals surface area (Å²) in [5.74, 6) is 0.178. The first-order valence-corrected chi connectivity index (χ1v) is 9.77. The van der Waals surface area contributed by atoms with E-state index in [1.165, 1.54) is 23.9 Å². The number of carbonyl (C=O) groups is 1. The van der Waals surface area contributed by atoms with E-state index in [0.29, 0.717) is 23.1 Å². The number of nitrogens with zero attached hydrogens (tertiary/aromatic N) is 3. The van der Waals surface area contributed by atoms with Crippen molar-refractivity contribution in [3.05, 3.63) is 70.8 Å². The summed E-state index contributed by atoms with van der Waals surface area (Å²) in [5, 5.41) is 12.4. The molecule has 0 atom stereocenters. The Balaban J connectivity index is 1.63. The molecule has 8 heteroatoms. The lowest BCUT2D eigenvalue weighted by atomic mass is 10.1. The van der Waals surface area contributed by atoms with Crippen molar-refractivity contribution in [3.8, 4) is 0 Å². The average Bonchev–Trinajstić information content (AvgIpc) is 3.05. The van der Waals surface area contributed by atoms with Crippen molar-refractivity contribution in [1.29, 1.82) is 0 Å². The minimum Gasteiger partial charge on any atom is -0.323 e. The van der Waals surface area contributed by atoms with Gasteiger partial charge in [0.2, 0.25) is 5.91 Å². The van der Waals surface area contributed by atoms with Gasteiger partial charge in [0.1, 0.15) is 11.6 Å². The van der Waals surface area contributed by atoms with Gasteiger partial charge in [0.15, 0.2) is 5.16 Å². The quantitative estimate of drug-likeness (QED) is 0.592. The number of nitrogens with one attached hydrogen (secondary N) is 1. The van der Waals surface area contributed by atoms with E-state index in [1.54, 1.807) is 12.1 Å². The topological polar surface area (TPSA) is 59.8 Å². The van der Waals surface area contributed by atoms with E-state index in [9.17, 15) is 9.18 Å². The van der Waals surface area contributed by atoms with Gasteiger partial charge in [-0.25, -0.2) is 4.39 Å². The molecule has 0 radical (unpaired) electrons. The predicted octanol–water partition coefficient (Wildman–Crippen LogP) is 4.41. The maximum absolute atomic E-state index is 13.6. The zero-order valence-electron chi connectivity index (χ0n) is 14.7. The number of amides is 1. The molecule has 1 aromatic heterocycles. The molecular formula is C19H18ClFN4OS. The van der Waals surface area contributed by atoms with Crippen molar-refractivity contribution in [2.24, 2.45) is 0 Å². The summed E-state index contributed by atoms with van der Waals surface area (Å²) in [6, 6.07) is 13.7. The number of hydrogen-bond donors (Lipinski definition) is 1. The molecule has 5 nitrogen and oxygen atoms in total. The van der Waals surface area contributed by atoms with Gasteiger partial charge in [-0.3, -0.25) is 4.79 Å². The first-order chi connectivity index (χ1) is 13.1. The molecule has 0 spiro atoms. The maximum Gasteiger partial charge on any atom is 0.234 e. The Hall–Kier alpha value is -2.38. The number of halogens is 2. The average molecular weight is 405 g/mol. The first-order valence-electron chi connectivity index (χ1n) is 8.40. The molecule has 1 N–H and O–H groups in total. The monoisotopic (exact) mass is 404 g/mol. The molecule has 3 rings (SSSR count). The molecule has 1 amide bonds. The van der Waals surface area contributed by atoms with Crippen LogP contribution in [0.25, 0.3) is 0 Å². The van der Waals surface area contributed by atoms with Crippen molar-refractivity contribution >= 4 is 35.0 Å². The zero-order valence-corrected chi connectivity index (χ0v) is 16.2. The van der Waals surface area contributed by atoms with Crippen molar-refractivity contribution in [2.45, 2.75) is 25.0 Å². The van der Waals surface area contributed by atoms with Crippen molar-refractivity contribution < 1.29 is 9.18 Å². The molecule has 0 saturated heterocycles. The Morgan fingerprint density at radius 3 is 2.63 bits per heavy atom. The third kappa shape index (κ3) is 5.08. The van der Waals surface area contributed by atoms with E-state index in [-0.39, 0.29) is 17.3 Å². The van der Waals surface area contributed by atoms with Crippen LogP contribution in [0, 0.1) is 5.82 Å². The number of thioether (sulfide) groups is 1. The minimum absolute atomic E-state index is 0.118. The Morgan fingerprint density at radius 1 is 1.19 bits per heavy atom. The van der Waals surface area contributed by atoms with Crippen LogP contribution in [0.3, 0.4) is 0 Å². The predicted molar refractivity (Wildman–Crippen MR) is 106 cm³/mol. The molecule has 0 aliphatic carbocycles.